The summed E-state index contributed by atoms with van der Waals surface area (Å²) in [7, 11) is 1.39. The Kier molecular flexibility index (Phi) is 5.49. The number of nitrogens with zero attached hydrogens (tertiary/aromatic N) is 1. The standard InChI is InChI=1S/C19H21FN2O4/c1-26-17-3-2-12(9-15(17)20)18(13-7-14(24)8-13)22-19(25)16-6-11(10-23)4-5-21-16/h2-6,9,13-14,18,23-24H,7-8,10H2,1H3,(H,22,25). The molecule has 1 amide bonds. The van der Waals surface area contributed by atoms with Gasteiger partial charge in [0.25, 0.3) is 5.91 Å². The fourth-order valence-corrected chi connectivity index (χ4v) is 3.16. The van der Waals surface area contributed by atoms with Gasteiger partial charge in [-0.05, 0) is 54.2 Å². The van der Waals surface area contributed by atoms with E-state index in [0.29, 0.717) is 24.0 Å². The number of carbonyl (C=O) groups is 1. The third kappa shape index (κ3) is 3.84. The van der Waals surface area contributed by atoms with Crippen LogP contribution in [0.3, 0.4) is 0 Å². The first-order valence-electron chi connectivity index (χ1n) is 8.40. The fourth-order valence-electron chi connectivity index (χ4n) is 3.16. The van der Waals surface area contributed by atoms with Crippen LogP contribution >= 0.6 is 0 Å². The topological polar surface area (TPSA) is 91.7 Å². The van der Waals surface area contributed by atoms with E-state index in [1.807, 2.05) is 0 Å². The maximum absolute atomic E-state index is 14.1. The van der Waals surface area contributed by atoms with Crippen LogP contribution < -0.4 is 10.1 Å². The summed E-state index contributed by atoms with van der Waals surface area (Å²) in [6.45, 7) is -0.190. The number of benzene rings is 1. The van der Waals surface area contributed by atoms with Gasteiger partial charge in [-0.3, -0.25) is 9.78 Å². The van der Waals surface area contributed by atoms with Gasteiger partial charge in [-0.15, -0.1) is 0 Å². The van der Waals surface area contributed by atoms with Gasteiger partial charge >= 0.3 is 0 Å². The number of hydrogen-bond acceptors (Lipinski definition) is 5. The molecule has 0 aliphatic heterocycles. The Morgan fingerprint density at radius 1 is 1.38 bits per heavy atom. The molecule has 6 nitrogen and oxygen atoms in total. The van der Waals surface area contributed by atoms with E-state index in [2.05, 4.69) is 10.3 Å². The zero-order valence-corrected chi connectivity index (χ0v) is 14.4. The van der Waals surface area contributed by atoms with Gasteiger partial charge in [-0.1, -0.05) is 6.07 Å². The van der Waals surface area contributed by atoms with E-state index in [-0.39, 0.29) is 24.0 Å². The average Bonchev–Trinajstić information content (AvgIpc) is 2.63. The minimum atomic E-state index is -0.510. The van der Waals surface area contributed by atoms with Crippen LogP contribution in [0.15, 0.2) is 36.5 Å². The summed E-state index contributed by atoms with van der Waals surface area (Å²) in [5.74, 6) is -0.792. The van der Waals surface area contributed by atoms with E-state index in [1.54, 1.807) is 12.1 Å². The summed E-state index contributed by atoms with van der Waals surface area (Å²) in [6.07, 6.45) is 2.11. The number of carbonyl (C=O) groups excluding carboxylic acids is 1. The second-order valence-electron chi connectivity index (χ2n) is 6.44. The van der Waals surface area contributed by atoms with Crippen LogP contribution in [0.5, 0.6) is 5.75 Å². The molecule has 1 aliphatic rings. The highest BCUT2D eigenvalue weighted by molar-refractivity contribution is 5.92. The summed E-state index contributed by atoms with van der Waals surface area (Å²) in [5.41, 5.74) is 1.36. The van der Waals surface area contributed by atoms with Crippen molar-refractivity contribution in [1.82, 2.24) is 10.3 Å². The molecule has 138 valence electrons. The Balaban J connectivity index is 1.84. The van der Waals surface area contributed by atoms with Gasteiger partial charge < -0.3 is 20.3 Å². The number of aliphatic hydroxyl groups excluding tert-OH is 2. The van der Waals surface area contributed by atoms with Crippen molar-refractivity contribution in [2.45, 2.75) is 31.6 Å². The number of pyridine rings is 1. The molecule has 2 aromatic rings. The molecule has 1 aromatic heterocycles. The molecular formula is C19H21FN2O4. The van der Waals surface area contributed by atoms with E-state index in [9.17, 15) is 19.4 Å². The summed E-state index contributed by atoms with van der Waals surface area (Å²) in [4.78, 5) is 16.6. The molecule has 26 heavy (non-hydrogen) atoms. The van der Waals surface area contributed by atoms with Crippen molar-refractivity contribution >= 4 is 5.91 Å². The minimum Gasteiger partial charge on any atom is -0.494 e. The van der Waals surface area contributed by atoms with Crippen LogP contribution in [-0.4, -0.2) is 34.3 Å². The fraction of sp³-hybridized carbons (Fsp3) is 0.368. The van der Waals surface area contributed by atoms with Crippen LogP contribution in [0.1, 0.15) is 40.5 Å². The first kappa shape index (κ1) is 18.3. The Bertz CT molecular complexity index is 793. The van der Waals surface area contributed by atoms with Crippen molar-refractivity contribution in [3.05, 3.63) is 59.2 Å². The molecule has 1 heterocycles. The zero-order chi connectivity index (χ0) is 18.7. The van der Waals surface area contributed by atoms with E-state index < -0.39 is 23.9 Å². The number of hydrogen-bond donors (Lipinski definition) is 3. The summed E-state index contributed by atoms with van der Waals surface area (Å²) in [6, 6.07) is 7.24. The molecule has 1 fully saturated rings. The van der Waals surface area contributed by atoms with Gasteiger partial charge in [0.05, 0.1) is 25.9 Å². The highest BCUT2D eigenvalue weighted by atomic mass is 19.1. The first-order valence-corrected chi connectivity index (χ1v) is 8.40. The van der Waals surface area contributed by atoms with Crippen molar-refractivity contribution in [2.24, 2.45) is 5.92 Å². The molecule has 0 radical (unpaired) electrons. The molecule has 3 rings (SSSR count). The molecule has 1 aromatic carbocycles. The van der Waals surface area contributed by atoms with Crippen molar-refractivity contribution in [3.63, 3.8) is 0 Å². The Morgan fingerprint density at radius 2 is 2.15 bits per heavy atom. The van der Waals surface area contributed by atoms with Crippen LogP contribution in [0.4, 0.5) is 4.39 Å². The van der Waals surface area contributed by atoms with E-state index in [0.717, 1.165) is 0 Å². The van der Waals surface area contributed by atoms with Gasteiger partial charge in [0.1, 0.15) is 5.69 Å². The van der Waals surface area contributed by atoms with Crippen molar-refractivity contribution in [3.8, 4) is 5.75 Å². The number of rotatable bonds is 6. The molecule has 1 saturated carbocycles. The maximum atomic E-state index is 14.1. The van der Waals surface area contributed by atoms with Gasteiger partial charge in [0, 0.05) is 6.20 Å². The Labute approximate surface area is 150 Å². The second kappa shape index (κ2) is 7.80. The third-order valence-electron chi connectivity index (χ3n) is 4.68. The zero-order valence-electron chi connectivity index (χ0n) is 14.4. The quantitative estimate of drug-likeness (QED) is 0.733. The molecule has 0 bridgehead atoms. The Hall–Kier alpha value is -2.51. The number of nitrogens with one attached hydrogen (secondary N) is 1. The molecular weight excluding hydrogens is 339 g/mol. The third-order valence-corrected chi connectivity index (χ3v) is 4.68. The SMILES string of the molecule is COc1ccc(C(NC(=O)c2cc(CO)ccn2)C2CC(O)C2)cc1F. The molecule has 0 spiro atoms. The van der Waals surface area contributed by atoms with E-state index in [4.69, 9.17) is 4.74 Å². The summed E-state index contributed by atoms with van der Waals surface area (Å²) >= 11 is 0. The van der Waals surface area contributed by atoms with Gasteiger partial charge in [0.2, 0.25) is 0 Å². The number of aliphatic hydroxyl groups is 2. The number of methoxy groups -OCH3 is 1. The first-order chi connectivity index (χ1) is 12.5. The van der Waals surface area contributed by atoms with E-state index >= 15 is 0 Å². The largest absolute Gasteiger partial charge is 0.494 e. The highest BCUT2D eigenvalue weighted by Crippen LogP contribution is 2.39. The lowest BCUT2D eigenvalue weighted by molar-refractivity contribution is 0.0234. The van der Waals surface area contributed by atoms with Crippen LogP contribution in [0.25, 0.3) is 0 Å². The average molecular weight is 360 g/mol. The van der Waals surface area contributed by atoms with E-state index in [1.165, 1.54) is 31.5 Å². The Morgan fingerprint density at radius 3 is 2.77 bits per heavy atom. The maximum Gasteiger partial charge on any atom is 0.270 e. The van der Waals surface area contributed by atoms with Crippen LogP contribution in [0.2, 0.25) is 0 Å². The van der Waals surface area contributed by atoms with Crippen molar-refractivity contribution in [2.75, 3.05) is 7.11 Å². The van der Waals surface area contributed by atoms with Gasteiger partial charge in [-0.25, -0.2) is 4.39 Å². The van der Waals surface area contributed by atoms with Crippen molar-refractivity contribution in [1.29, 1.82) is 0 Å². The smallest absolute Gasteiger partial charge is 0.270 e. The summed E-state index contributed by atoms with van der Waals surface area (Å²) < 4.78 is 19.0. The van der Waals surface area contributed by atoms with Crippen LogP contribution in [0, 0.1) is 11.7 Å². The monoisotopic (exact) mass is 360 g/mol. The van der Waals surface area contributed by atoms with Gasteiger partial charge in [0.15, 0.2) is 11.6 Å². The lowest BCUT2D eigenvalue weighted by Gasteiger charge is -2.38. The number of ether oxygens (including phenoxy) is 1. The number of amides is 1. The molecule has 3 N–H and O–H groups in total. The summed E-state index contributed by atoms with van der Waals surface area (Å²) in [5, 5.41) is 21.7. The predicted molar refractivity (Wildman–Crippen MR) is 92.0 cm³/mol. The lowest BCUT2D eigenvalue weighted by Crippen LogP contribution is -2.41. The van der Waals surface area contributed by atoms with Crippen LogP contribution in [-0.2, 0) is 6.61 Å². The minimum absolute atomic E-state index is 0.00256. The number of aromatic nitrogens is 1. The molecule has 7 heteroatoms. The normalized spacial score (nSPS) is 20.2. The van der Waals surface area contributed by atoms with Gasteiger partial charge in [-0.2, -0.15) is 0 Å². The van der Waals surface area contributed by atoms with Crippen molar-refractivity contribution < 1.29 is 24.1 Å². The highest BCUT2D eigenvalue weighted by Gasteiger charge is 2.36. The molecule has 1 atom stereocenters. The molecule has 1 unspecified atom stereocenters. The molecule has 1 aliphatic carbocycles. The lowest BCUT2D eigenvalue weighted by atomic mass is 9.75. The second-order valence-corrected chi connectivity index (χ2v) is 6.44. The number of halogens is 1. The molecule has 0 saturated heterocycles. The predicted octanol–water partition coefficient (Wildman–Crippen LogP) is 1.96.